The molecule has 9 heteroatoms. The Bertz CT molecular complexity index is 1150. The first-order valence-corrected chi connectivity index (χ1v) is 10.0. The van der Waals surface area contributed by atoms with Crippen molar-refractivity contribution in [1.29, 1.82) is 0 Å². The zero-order chi connectivity index (χ0) is 22.1. The van der Waals surface area contributed by atoms with Gasteiger partial charge in [-0.25, -0.2) is 4.98 Å². The van der Waals surface area contributed by atoms with Crippen LogP contribution in [-0.2, 0) is 23.2 Å². The van der Waals surface area contributed by atoms with Gasteiger partial charge in [0.15, 0.2) is 0 Å². The molecule has 31 heavy (non-hydrogen) atoms. The van der Waals surface area contributed by atoms with Crippen LogP contribution in [0.5, 0.6) is 0 Å². The second-order valence-corrected chi connectivity index (χ2v) is 7.60. The second-order valence-electron chi connectivity index (χ2n) is 7.60. The van der Waals surface area contributed by atoms with Crippen LogP contribution < -0.4 is 0 Å². The monoisotopic (exact) mass is 420 g/mol. The summed E-state index contributed by atoms with van der Waals surface area (Å²) in [7, 11) is 1.77. The van der Waals surface area contributed by atoms with Crippen LogP contribution in [0, 0.1) is 13.8 Å². The lowest BCUT2D eigenvalue weighted by Gasteiger charge is -2.25. The zero-order valence-electron chi connectivity index (χ0n) is 17.7. The van der Waals surface area contributed by atoms with Crippen molar-refractivity contribution in [2.45, 2.75) is 32.9 Å². The van der Waals surface area contributed by atoms with E-state index in [1.807, 2.05) is 17.7 Å². The highest BCUT2D eigenvalue weighted by Gasteiger charge is 2.46. The number of rotatable bonds is 6. The van der Waals surface area contributed by atoms with Crippen LogP contribution in [0.1, 0.15) is 35.0 Å². The largest absolute Gasteiger partial charge is 0.507 e. The summed E-state index contributed by atoms with van der Waals surface area (Å²) in [5, 5.41) is 15.5. The molecule has 3 aromatic rings. The van der Waals surface area contributed by atoms with Crippen LogP contribution in [0.2, 0.25) is 0 Å². The first-order chi connectivity index (χ1) is 14.9. The Hall–Kier alpha value is -3.75. The molecule has 0 spiro atoms. The second kappa shape index (κ2) is 8.17. The van der Waals surface area contributed by atoms with Gasteiger partial charge in [-0.05, 0) is 38.0 Å². The van der Waals surface area contributed by atoms with E-state index in [1.54, 1.807) is 55.7 Å². The average Bonchev–Trinajstić information content (AvgIpc) is 3.43. The number of carbonyl (C=O) groups excluding carboxylic acids is 2. The summed E-state index contributed by atoms with van der Waals surface area (Å²) in [4.78, 5) is 35.6. The number of aliphatic hydroxyl groups is 1. The smallest absolute Gasteiger partial charge is 0.295 e. The molecule has 0 radical (unpaired) electrons. The van der Waals surface area contributed by atoms with Crippen LogP contribution in [0.15, 0.2) is 48.8 Å². The molecule has 1 atom stereocenters. The predicted molar refractivity (Wildman–Crippen MR) is 113 cm³/mol. The number of Topliss-reactive ketones (excluding diaryl/α,β-unsaturated/α-hetero) is 1. The molecular weight excluding hydrogens is 396 g/mol. The van der Waals surface area contributed by atoms with Crippen molar-refractivity contribution in [3.63, 3.8) is 0 Å². The van der Waals surface area contributed by atoms with Gasteiger partial charge in [-0.3, -0.25) is 19.3 Å². The summed E-state index contributed by atoms with van der Waals surface area (Å²) in [6.07, 6.45) is 9.12. The van der Waals surface area contributed by atoms with Crippen molar-refractivity contribution in [3.8, 4) is 0 Å². The van der Waals surface area contributed by atoms with Crippen molar-refractivity contribution in [1.82, 2.24) is 29.2 Å². The summed E-state index contributed by atoms with van der Waals surface area (Å²) in [5.74, 6) is -1.50. The number of hydrogen-bond acceptors (Lipinski definition) is 6. The molecule has 0 bridgehead atoms. The predicted octanol–water partition coefficient (Wildman–Crippen LogP) is 2.14. The van der Waals surface area contributed by atoms with Gasteiger partial charge < -0.3 is 14.6 Å². The normalized spacial score (nSPS) is 18.2. The SMILES string of the molecule is Cc1nn(C)c(C)c1C(O)=C1C(=O)C(=O)N(CCCn2ccnc2)C1c1ccncc1. The topological polar surface area (TPSA) is 106 Å². The van der Waals surface area contributed by atoms with Crippen molar-refractivity contribution in [2.75, 3.05) is 6.54 Å². The van der Waals surface area contributed by atoms with Gasteiger partial charge in [0, 0.05) is 50.6 Å². The summed E-state index contributed by atoms with van der Waals surface area (Å²) < 4.78 is 3.56. The summed E-state index contributed by atoms with van der Waals surface area (Å²) in [6.45, 7) is 4.60. The van der Waals surface area contributed by atoms with Gasteiger partial charge in [-0.15, -0.1) is 0 Å². The highest BCUT2D eigenvalue weighted by molar-refractivity contribution is 6.46. The molecule has 3 aromatic heterocycles. The van der Waals surface area contributed by atoms with Gasteiger partial charge in [0.25, 0.3) is 11.7 Å². The van der Waals surface area contributed by atoms with Gasteiger partial charge in [0.1, 0.15) is 5.76 Å². The minimum absolute atomic E-state index is 0.0815. The maximum absolute atomic E-state index is 13.1. The molecule has 1 saturated heterocycles. The molecule has 0 aliphatic carbocycles. The number of aromatic nitrogens is 5. The molecule has 160 valence electrons. The number of aliphatic hydroxyl groups excluding tert-OH is 1. The molecule has 1 aliphatic heterocycles. The first-order valence-electron chi connectivity index (χ1n) is 10.0. The number of aryl methyl sites for hydroxylation is 3. The molecule has 4 heterocycles. The first kappa shape index (κ1) is 20.5. The maximum atomic E-state index is 13.1. The fraction of sp³-hybridized carbons (Fsp3) is 0.318. The maximum Gasteiger partial charge on any atom is 0.295 e. The number of likely N-dealkylation sites (tertiary alicyclic amines) is 1. The third-order valence-electron chi connectivity index (χ3n) is 5.68. The fourth-order valence-electron chi connectivity index (χ4n) is 4.10. The highest BCUT2D eigenvalue weighted by Crippen LogP contribution is 2.40. The Labute approximate surface area is 179 Å². The Morgan fingerprint density at radius 3 is 2.45 bits per heavy atom. The Morgan fingerprint density at radius 1 is 1.10 bits per heavy atom. The number of imidazole rings is 1. The molecule has 1 fully saturated rings. The van der Waals surface area contributed by atoms with Crippen molar-refractivity contribution < 1.29 is 14.7 Å². The lowest BCUT2D eigenvalue weighted by atomic mass is 9.95. The molecular formula is C22H24N6O3. The Morgan fingerprint density at radius 2 is 1.84 bits per heavy atom. The van der Waals surface area contributed by atoms with Crippen LogP contribution in [0.3, 0.4) is 0 Å². The number of carbonyl (C=O) groups is 2. The lowest BCUT2D eigenvalue weighted by molar-refractivity contribution is -0.139. The molecule has 1 aliphatic rings. The van der Waals surface area contributed by atoms with Crippen LogP contribution >= 0.6 is 0 Å². The van der Waals surface area contributed by atoms with E-state index in [0.717, 1.165) is 11.3 Å². The standard InChI is InChI=1S/C22H24N6O3/c1-14-17(15(2)26(3)25-14)20(29)18-19(16-5-7-23-8-6-16)28(22(31)21(18)30)11-4-10-27-12-9-24-13-27/h5-9,12-13,19,29H,4,10-11H2,1-3H3. The lowest BCUT2D eigenvalue weighted by Crippen LogP contribution is -2.31. The molecule has 1 amide bonds. The minimum Gasteiger partial charge on any atom is -0.507 e. The van der Waals surface area contributed by atoms with E-state index in [4.69, 9.17) is 0 Å². The van der Waals surface area contributed by atoms with Gasteiger partial charge in [-0.1, -0.05) is 0 Å². The number of pyridine rings is 1. The molecule has 0 saturated carbocycles. The van der Waals surface area contributed by atoms with Gasteiger partial charge >= 0.3 is 0 Å². The van der Waals surface area contributed by atoms with Crippen LogP contribution in [-0.4, -0.2) is 52.6 Å². The van der Waals surface area contributed by atoms with E-state index in [0.29, 0.717) is 30.8 Å². The number of nitrogens with zero attached hydrogens (tertiary/aromatic N) is 6. The van der Waals surface area contributed by atoms with Gasteiger partial charge in [0.05, 0.1) is 29.2 Å². The van der Waals surface area contributed by atoms with Crippen molar-refractivity contribution in [2.24, 2.45) is 7.05 Å². The fourth-order valence-corrected chi connectivity index (χ4v) is 4.10. The minimum atomic E-state index is -0.690. The molecule has 1 unspecified atom stereocenters. The average molecular weight is 420 g/mol. The highest BCUT2D eigenvalue weighted by atomic mass is 16.3. The van der Waals surface area contributed by atoms with E-state index < -0.39 is 17.7 Å². The van der Waals surface area contributed by atoms with Gasteiger partial charge in [-0.2, -0.15) is 5.10 Å². The Kier molecular flexibility index (Phi) is 5.41. The third kappa shape index (κ3) is 3.63. The van der Waals surface area contributed by atoms with E-state index in [9.17, 15) is 14.7 Å². The van der Waals surface area contributed by atoms with Gasteiger partial charge in [0.2, 0.25) is 0 Å². The Balaban J connectivity index is 1.76. The van der Waals surface area contributed by atoms with E-state index in [-0.39, 0.29) is 11.3 Å². The third-order valence-corrected chi connectivity index (χ3v) is 5.68. The summed E-state index contributed by atoms with van der Waals surface area (Å²) >= 11 is 0. The quantitative estimate of drug-likeness (QED) is 0.372. The number of hydrogen-bond donors (Lipinski definition) is 1. The van der Waals surface area contributed by atoms with Crippen LogP contribution in [0.4, 0.5) is 0 Å². The summed E-state index contributed by atoms with van der Waals surface area (Å²) in [6, 6.07) is 2.83. The van der Waals surface area contributed by atoms with Crippen molar-refractivity contribution >= 4 is 17.4 Å². The molecule has 4 rings (SSSR count). The van der Waals surface area contributed by atoms with E-state index >= 15 is 0 Å². The molecule has 1 N–H and O–H groups in total. The van der Waals surface area contributed by atoms with E-state index in [2.05, 4.69) is 15.1 Å². The number of amides is 1. The zero-order valence-corrected chi connectivity index (χ0v) is 17.7. The van der Waals surface area contributed by atoms with Crippen molar-refractivity contribution in [3.05, 3.63) is 71.3 Å². The summed E-state index contributed by atoms with van der Waals surface area (Å²) in [5.41, 5.74) is 2.60. The van der Waals surface area contributed by atoms with E-state index in [1.165, 1.54) is 4.90 Å². The molecule has 0 aromatic carbocycles. The number of ketones is 1. The van der Waals surface area contributed by atoms with Crippen LogP contribution in [0.25, 0.3) is 5.76 Å². The molecule has 9 nitrogen and oxygen atoms in total.